The average Bonchev–Trinajstić information content (AvgIpc) is 3.37. The number of hydrogen-bond acceptors (Lipinski definition) is 5. The van der Waals surface area contributed by atoms with Gasteiger partial charge in [0.15, 0.2) is 11.5 Å². The smallest absolute Gasteiger partial charge is 0.254 e. The number of carbonyl (C=O) groups is 1. The number of aryl methyl sites for hydroxylation is 1. The highest BCUT2D eigenvalue weighted by Crippen LogP contribution is 2.30. The summed E-state index contributed by atoms with van der Waals surface area (Å²) >= 11 is 1.64. The van der Waals surface area contributed by atoms with E-state index in [1.807, 2.05) is 79.0 Å². The van der Waals surface area contributed by atoms with E-state index in [0.717, 1.165) is 22.4 Å². The van der Waals surface area contributed by atoms with Crippen molar-refractivity contribution in [2.45, 2.75) is 26.6 Å². The monoisotopic (exact) mass is 458 g/mol. The van der Waals surface area contributed by atoms with Crippen LogP contribution in [-0.2, 0) is 19.7 Å². The van der Waals surface area contributed by atoms with Crippen molar-refractivity contribution in [3.05, 3.63) is 112 Å². The molecule has 0 fully saturated rings. The van der Waals surface area contributed by atoms with E-state index in [1.165, 1.54) is 0 Å². The number of rotatable bonds is 9. The average molecular weight is 459 g/mol. The third-order valence-corrected chi connectivity index (χ3v) is 5.97. The Morgan fingerprint density at radius 1 is 0.970 bits per heavy atom. The van der Waals surface area contributed by atoms with Gasteiger partial charge in [0.25, 0.3) is 5.91 Å². The molecule has 33 heavy (non-hydrogen) atoms. The van der Waals surface area contributed by atoms with Crippen LogP contribution in [0.5, 0.6) is 11.5 Å². The Bertz CT molecular complexity index is 1180. The van der Waals surface area contributed by atoms with Crippen LogP contribution in [0.4, 0.5) is 0 Å². The van der Waals surface area contributed by atoms with E-state index >= 15 is 0 Å². The molecule has 2 aromatic carbocycles. The SMILES string of the molecule is COc1ccc(CN(Cc2ccccn2)C(=O)c2ccc(C)cc2)cc1OCc1ccsc1. The van der Waals surface area contributed by atoms with Gasteiger partial charge in [-0.15, -0.1) is 0 Å². The molecule has 0 aliphatic rings. The van der Waals surface area contributed by atoms with Gasteiger partial charge in [-0.1, -0.05) is 29.8 Å². The van der Waals surface area contributed by atoms with E-state index < -0.39 is 0 Å². The molecule has 2 aromatic heterocycles. The fourth-order valence-corrected chi connectivity index (χ4v) is 4.11. The summed E-state index contributed by atoms with van der Waals surface area (Å²) < 4.78 is 11.5. The Morgan fingerprint density at radius 2 is 1.82 bits per heavy atom. The molecule has 0 radical (unpaired) electrons. The van der Waals surface area contributed by atoms with Gasteiger partial charge in [0.05, 0.1) is 19.3 Å². The van der Waals surface area contributed by atoms with E-state index in [0.29, 0.717) is 36.8 Å². The zero-order valence-electron chi connectivity index (χ0n) is 18.7. The number of nitrogens with zero attached hydrogens (tertiary/aromatic N) is 2. The first-order valence-electron chi connectivity index (χ1n) is 10.7. The zero-order valence-corrected chi connectivity index (χ0v) is 19.5. The molecule has 6 heteroatoms. The zero-order chi connectivity index (χ0) is 23.0. The molecule has 0 aliphatic heterocycles. The molecule has 0 N–H and O–H groups in total. The molecular weight excluding hydrogens is 432 g/mol. The Kier molecular flexibility index (Phi) is 7.37. The molecule has 0 bridgehead atoms. The van der Waals surface area contributed by atoms with Crippen LogP contribution in [0, 0.1) is 6.92 Å². The van der Waals surface area contributed by atoms with Crippen molar-refractivity contribution in [1.82, 2.24) is 9.88 Å². The van der Waals surface area contributed by atoms with E-state index in [-0.39, 0.29) is 5.91 Å². The lowest BCUT2D eigenvalue weighted by Crippen LogP contribution is -2.30. The summed E-state index contributed by atoms with van der Waals surface area (Å²) in [4.78, 5) is 19.6. The van der Waals surface area contributed by atoms with E-state index in [2.05, 4.69) is 10.4 Å². The van der Waals surface area contributed by atoms with E-state index in [1.54, 1.807) is 29.5 Å². The molecule has 1 amide bonds. The van der Waals surface area contributed by atoms with E-state index in [4.69, 9.17) is 9.47 Å². The Balaban J connectivity index is 1.58. The molecule has 4 aromatic rings. The van der Waals surface area contributed by atoms with Gasteiger partial charge in [0.2, 0.25) is 0 Å². The van der Waals surface area contributed by atoms with Crippen LogP contribution >= 0.6 is 11.3 Å². The van der Waals surface area contributed by atoms with Crippen molar-refractivity contribution < 1.29 is 14.3 Å². The van der Waals surface area contributed by atoms with Crippen LogP contribution in [-0.4, -0.2) is 22.9 Å². The molecule has 0 aliphatic carbocycles. The van der Waals surface area contributed by atoms with Crippen LogP contribution in [0.25, 0.3) is 0 Å². The van der Waals surface area contributed by atoms with Gasteiger partial charge < -0.3 is 14.4 Å². The number of amides is 1. The maximum Gasteiger partial charge on any atom is 0.254 e. The van der Waals surface area contributed by atoms with Crippen LogP contribution < -0.4 is 9.47 Å². The first kappa shape index (κ1) is 22.6. The quantitative estimate of drug-likeness (QED) is 0.314. The topological polar surface area (TPSA) is 51.7 Å². The summed E-state index contributed by atoms with van der Waals surface area (Å²) in [6, 6.07) is 21.2. The van der Waals surface area contributed by atoms with Crippen molar-refractivity contribution in [1.29, 1.82) is 0 Å². The van der Waals surface area contributed by atoms with Crippen LogP contribution in [0.15, 0.2) is 83.7 Å². The molecule has 168 valence electrons. The first-order chi connectivity index (χ1) is 16.1. The lowest BCUT2D eigenvalue weighted by molar-refractivity contribution is 0.0727. The van der Waals surface area contributed by atoms with Crippen LogP contribution in [0.3, 0.4) is 0 Å². The minimum Gasteiger partial charge on any atom is -0.493 e. The Morgan fingerprint density at radius 3 is 2.52 bits per heavy atom. The Labute approximate surface area is 198 Å². The number of pyridine rings is 1. The normalized spacial score (nSPS) is 10.6. The van der Waals surface area contributed by atoms with Crippen LogP contribution in [0.2, 0.25) is 0 Å². The number of ether oxygens (including phenoxy) is 2. The maximum atomic E-state index is 13.4. The van der Waals surface area contributed by atoms with Crippen molar-refractivity contribution >= 4 is 17.2 Å². The fourth-order valence-electron chi connectivity index (χ4n) is 3.45. The molecular formula is C27H26N2O3S. The molecule has 2 heterocycles. The molecule has 0 unspecified atom stereocenters. The number of hydrogen-bond donors (Lipinski definition) is 0. The molecule has 4 rings (SSSR count). The van der Waals surface area contributed by atoms with Gasteiger partial charge in [-0.25, -0.2) is 0 Å². The lowest BCUT2D eigenvalue weighted by Gasteiger charge is -2.23. The number of aromatic nitrogens is 1. The third-order valence-electron chi connectivity index (χ3n) is 5.24. The number of benzene rings is 2. The largest absolute Gasteiger partial charge is 0.493 e. The molecule has 0 atom stereocenters. The molecule has 5 nitrogen and oxygen atoms in total. The van der Waals surface area contributed by atoms with Gasteiger partial charge >= 0.3 is 0 Å². The molecule has 0 saturated heterocycles. The van der Waals surface area contributed by atoms with Gasteiger partial charge in [-0.05, 0) is 71.3 Å². The second-order valence-electron chi connectivity index (χ2n) is 7.75. The summed E-state index contributed by atoms with van der Waals surface area (Å²) in [5.41, 5.74) is 4.66. The summed E-state index contributed by atoms with van der Waals surface area (Å²) in [6.07, 6.45) is 1.74. The van der Waals surface area contributed by atoms with Gasteiger partial charge in [-0.3, -0.25) is 9.78 Å². The maximum absolute atomic E-state index is 13.4. The van der Waals surface area contributed by atoms with Crippen molar-refractivity contribution in [2.24, 2.45) is 0 Å². The highest BCUT2D eigenvalue weighted by Gasteiger charge is 2.18. The van der Waals surface area contributed by atoms with Gasteiger partial charge in [0, 0.05) is 18.3 Å². The molecule has 0 spiro atoms. The summed E-state index contributed by atoms with van der Waals surface area (Å²) in [6.45, 7) is 3.30. The Hall–Kier alpha value is -3.64. The highest BCUT2D eigenvalue weighted by atomic mass is 32.1. The minimum absolute atomic E-state index is 0.0442. The van der Waals surface area contributed by atoms with Crippen molar-refractivity contribution in [2.75, 3.05) is 7.11 Å². The standard InChI is InChI=1S/C27H26N2O3S/c1-20-6-9-23(10-7-20)27(30)29(17-24-5-3-4-13-28-24)16-21-8-11-25(31-2)26(15-21)32-18-22-12-14-33-19-22/h3-15,19H,16-18H2,1-2H3. The predicted molar refractivity (Wildman–Crippen MR) is 131 cm³/mol. The van der Waals surface area contributed by atoms with Crippen molar-refractivity contribution in [3.8, 4) is 11.5 Å². The van der Waals surface area contributed by atoms with Gasteiger partial charge in [0.1, 0.15) is 6.61 Å². The minimum atomic E-state index is -0.0442. The number of carbonyl (C=O) groups excluding carboxylic acids is 1. The van der Waals surface area contributed by atoms with E-state index in [9.17, 15) is 4.79 Å². The summed E-state index contributed by atoms with van der Waals surface area (Å²) in [7, 11) is 1.63. The molecule has 0 saturated carbocycles. The second kappa shape index (κ2) is 10.8. The van der Waals surface area contributed by atoms with Crippen LogP contribution in [0.1, 0.15) is 32.7 Å². The summed E-state index contributed by atoms with van der Waals surface area (Å²) in [5.74, 6) is 1.27. The number of methoxy groups -OCH3 is 1. The fraction of sp³-hybridized carbons (Fsp3) is 0.185. The number of thiophene rings is 1. The van der Waals surface area contributed by atoms with Crippen molar-refractivity contribution in [3.63, 3.8) is 0 Å². The third kappa shape index (κ3) is 5.99. The summed E-state index contributed by atoms with van der Waals surface area (Å²) in [5, 5.41) is 4.09. The predicted octanol–water partition coefficient (Wildman–Crippen LogP) is 5.88. The first-order valence-corrected chi connectivity index (χ1v) is 11.6. The lowest BCUT2D eigenvalue weighted by atomic mass is 10.1. The highest BCUT2D eigenvalue weighted by molar-refractivity contribution is 7.07. The van der Waals surface area contributed by atoms with Gasteiger partial charge in [-0.2, -0.15) is 11.3 Å². The second-order valence-corrected chi connectivity index (χ2v) is 8.53.